The standard InChI is InChI=1S/C25H31N3O2/c1-3-25-10-9-24(29,17-30-2)15-20(25)6-4-5-18-14-23-19(13-22(18)25)16-27-28(23)21-7-11-26-12-8-21/h7-8,11-14,16,20,29H,3-6,9-10,15,17H2,1-2H3/t20-,24+,25+/m1/s1. The van der Waals surface area contributed by atoms with Crippen LogP contribution in [0.5, 0.6) is 0 Å². The van der Waals surface area contributed by atoms with Crippen molar-refractivity contribution in [3.63, 3.8) is 0 Å². The molecule has 30 heavy (non-hydrogen) atoms. The fourth-order valence-electron chi connectivity index (χ4n) is 6.22. The second-order valence-corrected chi connectivity index (χ2v) is 9.29. The number of ether oxygens (including phenoxy) is 1. The highest BCUT2D eigenvalue weighted by Gasteiger charge is 2.49. The zero-order valence-electron chi connectivity index (χ0n) is 18.0. The van der Waals surface area contributed by atoms with Gasteiger partial charge in [-0.3, -0.25) is 4.98 Å². The molecule has 5 heteroatoms. The molecule has 5 rings (SSSR count). The van der Waals surface area contributed by atoms with Gasteiger partial charge in [-0.25, -0.2) is 4.68 Å². The summed E-state index contributed by atoms with van der Waals surface area (Å²) in [5.41, 5.74) is 4.61. The fraction of sp³-hybridized carbons (Fsp3) is 0.520. The van der Waals surface area contributed by atoms with Crippen LogP contribution in [-0.4, -0.2) is 39.2 Å². The van der Waals surface area contributed by atoms with Gasteiger partial charge in [-0.05, 0) is 91.7 Å². The molecule has 0 bridgehead atoms. The van der Waals surface area contributed by atoms with Crippen molar-refractivity contribution in [3.8, 4) is 5.69 Å². The average molecular weight is 406 g/mol. The van der Waals surface area contributed by atoms with E-state index in [2.05, 4.69) is 24.0 Å². The third kappa shape index (κ3) is 3.07. The number of pyridine rings is 1. The van der Waals surface area contributed by atoms with Crippen LogP contribution < -0.4 is 0 Å². The summed E-state index contributed by atoms with van der Waals surface area (Å²) in [6, 6.07) is 8.77. The molecule has 2 aliphatic carbocycles. The van der Waals surface area contributed by atoms with Gasteiger partial charge >= 0.3 is 0 Å². The van der Waals surface area contributed by atoms with Crippen molar-refractivity contribution in [2.45, 2.75) is 62.9 Å². The van der Waals surface area contributed by atoms with Gasteiger partial charge in [0.1, 0.15) is 0 Å². The predicted molar refractivity (Wildman–Crippen MR) is 118 cm³/mol. The summed E-state index contributed by atoms with van der Waals surface area (Å²) in [4.78, 5) is 4.14. The van der Waals surface area contributed by atoms with Gasteiger partial charge in [-0.2, -0.15) is 5.10 Å². The van der Waals surface area contributed by atoms with Crippen molar-refractivity contribution in [2.24, 2.45) is 5.92 Å². The summed E-state index contributed by atoms with van der Waals surface area (Å²) in [6.45, 7) is 2.77. The Bertz CT molecular complexity index is 1050. The Labute approximate surface area is 178 Å². The Morgan fingerprint density at radius 3 is 2.83 bits per heavy atom. The predicted octanol–water partition coefficient (Wildman–Crippen LogP) is 4.58. The van der Waals surface area contributed by atoms with Crippen LogP contribution in [0.2, 0.25) is 0 Å². The molecule has 2 aliphatic rings. The number of aromatic nitrogens is 3. The summed E-state index contributed by atoms with van der Waals surface area (Å²) in [5.74, 6) is 0.491. The number of methoxy groups -OCH3 is 1. The molecular formula is C25H31N3O2. The maximum Gasteiger partial charge on any atom is 0.0883 e. The van der Waals surface area contributed by atoms with E-state index in [0.717, 1.165) is 49.7 Å². The van der Waals surface area contributed by atoms with Gasteiger partial charge in [0.15, 0.2) is 0 Å². The Morgan fingerprint density at radius 2 is 2.07 bits per heavy atom. The van der Waals surface area contributed by atoms with E-state index in [1.807, 2.05) is 35.4 Å². The van der Waals surface area contributed by atoms with Crippen LogP contribution >= 0.6 is 0 Å². The molecule has 0 unspecified atom stereocenters. The maximum atomic E-state index is 11.1. The molecule has 1 aromatic carbocycles. The number of aliphatic hydroxyl groups is 1. The average Bonchev–Trinajstić information content (AvgIpc) is 3.10. The van der Waals surface area contributed by atoms with Crippen molar-refractivity contribution in [2.75, 3.05) is 13.7 Å². The van der Waals surface area contributed by atoms with Crippen molar-refractivity contribution >= 4 is 10.9 Å². The first kappa shape index (κ1) is 19.7. The highest BCUT2D eigenvalue weighted by molar-refractivity contribution is 5.82. The van der Waals surface area contributed by atoms with Crippen LogP contribution in [0.25, 0.3) is 16.6 Å². The van der Waals surface area contributed by atoms with E-state index in [4.69, 9.17) is 9.84 Å². The molecule has 0 saturated heterocycles. The molecule has 2 heterocycles. The zero-order chi connectivity index (χ0) is 20.8. The van der Waals surface area contributed by atoms with Gasteiger partial charge in [0.25, 0.3) is 0 Å². The van der Waals surface area contributed by atoms with Gasteiger partial charge in [-0.15, -0.1) is 0 Å². The molecule has 1 saturated carbocycles. The van der Waals surface area contributed by atoms with Crippen molar-refractivity contribution < 1.29 is 9.84 Å². The first-order valence-corrected chi connectivity index (χ1v) is 11.2. The molecule has 2 aromatic heterocycles. The number of hydrogen-bond acceptors (Lipinski definition) is 4. The molecule has 1 N–H and O–H groups in total. The molecule has 0 amide bonds. The fourth-order valence-corrected chi connectivity index (χ4v) is 6.22. The van der Waals surface area contributed by atoms with Crippen LogP contribution in [0.4, 0.5) is 0 Å². The first-order valence-electron chi connectivity index (χ1n) is 11.2. The minimum Gasteiger partial charge on any atom is -0.387 e. The quantitative estimate of drug-likeness (QED) is 0.690. The number of fused-ring (bicyclic) bond motifs is 4. The number of nitrogens with zero attached hydrogens (tertiary/aromatic N) is 3. The van der Waals surface area contributed by atoms with Gasteiger partial charge in [0, 0.05) is 24.9 Å². The van der Waals surface area contributed by atoms with Gasteiger partial charge in [0.2, 0.25) is 0 Å². The molecule has 3 aromatic rings. The zero-order valence-corrected chi connectivity index (χ0v) is 18.0. The van der Waals surface area contributed by atoms with E-state index in [1.165, 1.54) is 22.9 Å². The first-order chi connectivity index (χ1) is 14.6. The summed E-state index contributed by atoms with van der Waals surface area (Å²) in [6.07, 6.45) is 12.8. The third-order valence-corrected chi connectivity index (χ3v) is 7.72. The Morgan fingerprint density at radius 1 is 1.23 bits per heavy atom. The lowest BCUT2D eigenvalue weighted by molar-refractivity contribution is -0.0903. The van der Waals surface area contributed by atoms with Crippen LogP contribution in [-0.2, 0) is 16.6 Å². The van der Waals surface area contributed by atoms with Gasteiger partial charge in [0.05, 0.1) is 29.6 Å². The van der Waals surface area contributed by atoms with Crippen LogP contribution in [0.1, 0.15) is 56.6 Å². The normalized spacial score (nSPS) is 28.7. The molecule has 0 radical (unpaired) electrons. The number of rotatable bonds is 4. The van der Waals surface area contributed by atoms with Crippen molar-refractivity contribution in [3.05, 3.63) is 54.0 Å². The lowest BCUT2D eigenvalue weighted by Crippen LogP contribution is -2.49. The molecular weight excluding hydrogens is 374 g/mol. The SMILES string of the molecule is CC[C@]12CC[C@@](O)(COC)C[C@H]1CCCc1cc3c(cnn3-c3ccncc3)cc12. The Kier molecular flexibility index (Phi) is 4.91. The topological polar surface area (TPSA) is 60.2 Å². The van der Waals surface area contributed by atoms with Crippen molar-refractivity contribution in [1.82, 2.24) is 14.8 Å². The minimum atomic E-state index is -0.682. The van der Waals surface area contributed by atoms with E-state index < -0.39 is 5.60 Å². The second kappa shape index (κ2) is 7.47. The van der Waals surface area contributed by atoms with E-state index >= 15 is 0 Å². The van der Waals surface area contributed by atoms with Gasteiger partial charge < -0.3 is 9.84 Å². The second-order valence-electron chi connectivity index (χ2n) is 9.29. The summed E-state index contributed by atoms with van der Waals surface area (Å²) in [5, 5.41) is 17.0. The molecule has 3 atom stereocenters. The monoisotopic (exact) mass is 405 g/mol. The number of benzene rings is 1. The highest BCUT2D eigenvalue weighted by Crippen LogP contribution is 2.54. The molecule has 1 fully saturated rings. The molecule has 0 spiro atoms. The highest BCUT2D eigenvalue weighted by atomic mass is 16.5. The van der Waals surface area contributed by atoms with E-state index in [-0.39, 0.29) is 5.41 Å². The minimum absolute atomic E-state index is 0.138. The third-order valence-electron chi connectivity index (χ3n) is 7.72. The van der Waals surface area contributed by atoms with E-state index in [1.54, 1.807) is 7.11 Å². The maximum absolute atomic E-state index is 11.1. The smallest absolute Gasteiger partial charge is 0.0883 e. The lowest BCUT2D eigenvalue weighted by Gasteiger charge is -2.50. The number of aryl methyl sites for hydroxylation is 1. The summed E-state index contributed by atoms with van der Waals surface area (Å²) < 4.78 is 7.39. The summed E-state index contributed by atoms with van der Waals surface area (Å²) in [7, 11) is 1.69. The van der Waals surface area contributed by atoms with Crippen molar-refractivity contribution in [1.29, 1.82) is 0 Å². The molecule has 158 valence electrons. The largest absolute Gasteiger partial charge is 0.387 e. The van der Waals surface area contributed by atoms with Crippen LogP contribution in [0.3, 0.4) is 0 Å². The summed E-state index contributed by atoms with van der Waals surface area (Å²) >= 11 is 0. The molecule has 5 nitrogen and oxygen atoms in total. The van der Waals surface area contributed by atoms with E-state index in [0.29, 0.717) is 12.5 Å². The van der Waals surface area contributed by atoms with Gasteiger partial charge in [-0.1, -0.05) is 6.92 Å². The lowest BCUT2D eigenvalue weighted by atomic mass is 9.57. The molecule has 0 aliphatic heterocycles. The Balaban J connectivity index is 1.61. The van der Waals surface area contributed by atoms with E-state index in [9.17, 15) is 5.11 Å². The number of hydrogen-bond donors (Lipinski definition) is 1. The van der Waals surface area contributed by atoms with Crippen LogP contribution in [0.15, 0.2) is 42.9 Å². The Hall–Kier alpha value is -2.24. The van der Waals surface area contributed by atoms with Crippen LogP contribution in [0, 0.1) is 5.92 Å².